The number of carbonyl (C=O) groups is 1. The van der Waals surface area contributed by atoms with E-state index in [-0.39, 0.29) is 6.61 Å². The van der Waals surface area contributed by atoms with Crippen molar-refractivity contribution in [2.24, 2.45) is 0 Å². The summed E-state index contributed by atoms with van der Waals surface area (Å²) in [6, 6.07) is -1.19. The van der Waals surface area contributed by atoms with Gasteiger partial charge in [0.05, 0.1) is 19.8 Å². The maximum Gasteiger partial charge on any atom is 0.217 e. The summed E-state index contributed by atoms with van der Waals surface area (Å²) < 4.78 is 33.6. The molecule has 17 nitrogen and oxygen atoms in total. The quantitative estimate of drug-likeness (QED) is 0.108. The first-order valence-electron chi connectivity index (χ1n) is 13.0. The second-order valence-electron chi connectivity index (χ2n) is 9.96. The molecule has 0 radical (unpaired) electrons. The number of ether oxygens (including phenoxy) is 6. The predicted octanol–water partition coefficient (Wildman–Crippen LogP) is -5.99. The Kier molecular flexibility index (Phi) is 12.4. The number of amides is 1. The van der Waals surface area contributed by atoms with Crippen LogP contribution in [0.4, 0.5) is 0 Å². The summed E-state index contributed by atoms with van der Waals surface area (Å²) in [7, 11) is 0. The lowest BCUT2D eigenvalue weighted by Gasteiger charge is -2.48. The molecule has 0 spiro atoms. The molecule has 3 aliphatic rings. The van der Waals surface area contributed by atoms with Gasteiger partial charge in [0, 0.05) is 13.5 Å². The number of hydrogen-bond donors (Lipinski definition) is 10. The normalized spacial score (nSPS) is 46.2. The van der Waals surface area contributed by atoms with E-state index in [1.807, 2.05) is 6.92 Å². The van der Waals surface area contributed by atoms with Crippen molar-refractivity contribution in [2.45, 2.75) is 112 Å². The highest BCUT2D eigenvalue weighted by atomic mass is 16.7. The zero-order chi connectivity index (χ0) is 29.7. The monoisotopic (exact) mass is 587 g/mol. The van der Waals surface area contributed by atoms with Gasteiger partial charge in [-0.3, -0.25) is 4.79 Å². The average molecular weight is 588 g/mol. The lowest BCUT2D eigenvalue weighted by Crippen LogP contribution is -2.68. The molecule has 1 amide bonds. The van der Waals surface area contributed by atoms with Crippen LogP contribution in [-0.2, 0) is 33.2 Å². The molecule has 0 aliphatic carbocycles. The fourth-order valence-corrected chi connectivity index (χ4v) is 4.71. The van der Waals surface area contributed by atoms with Crippen LogP contribution in [0.1, 0.15) is 20.3 Å². The molecule has 0 aromatic carbocycles. The van der Waals surface area contributed by atoms with E-state index >= 15 is 0 Å². The first-order valence-corrected chi connectivity index (χ1v) is 13.0. The predicted molar refractivity (Wildman–Crippen MR) is 127 cm³/mol. The van der Waals surface area contributed by atoms with Crippen molar-refractivity contribution in [2.75, 3.05) is 26.4 Å². The molecule has 0 aromatic rings. The molecule has 3 heterocycles. The van der Waals surface area contributed by atoms with Crippen LogP contribution in [0.5, 0.6) is 0 Å². The third-order valence-electron chi connectivity index (χ3n) is 6.94. The topological polar surface area (TPSA) is 267 Å². The average Bonchev–Trinajstić information content (AvgIpc) is 2.93. The zero-order valence-electron chi connectivity index (χ0n) is 22.1. The fourth-order valence-electron chi connectivity index (χ4n) is 4.71. The Morgan fingerprint density at radius 3 is 1.75 bits per heavy atom. The van der Waals surface area contributed by atoms with E-state index in [0.29, 0.717) is 6.42 Å². The maximum absolute atomic E-state index is 12.0. The van der Waals surface area contributed by atoms with Crippen LogP contribution in [0.15, 0.2) is 0 Å². The van der Waals surface area contributed by atoms with Gasteiger partial charge < -0.3 is 79.7 Å². The molecule has 10 N–H and O–H groups in total. The molecule has 17 heteroatoms. The van der Waals surface area contributed by atoms with Crippen LogP contribution in [-0.4, -0.2) is 170 Å². The molecule has 234 valence electrons. The fraction of sp³-hybridized carbons (Fsp3) is 0.957. The minimum Gasteiger partial charge on any atom is -0.394 e. The van der Waals surface area contributed by atoms with E-state index in [1.54, 1.807) is 0 Å². The number of aliphatic hydroxyl groups is 9. The van der Waals surface area contributed by atoms with Crippen LogP contribution >= 0.6 is 0 Å². The van der Waals surface area contributed by atoms with Gasteiger partial charge in [-0.2, -0.15) is 0 Å². The van der Waals surface area contributed by atoms with Crippen molar-refractivity contribution in [3.63, 3.8) is 0 Å². The lowest BCUT2D eigenvalue weighted by atomic mass is 9.95. The minimum atomic E-state index is -1.82. The first kappa shape index (κ1) is 33.4. The number of aliphatic hydroxyl groups excluding tert-OH is 9. The molecule has 40 heavy (non-hydrogen) atoms. The van der Waals surface area contributed by atoms with Crippen molar-refractivity contribution >= 4 is 5.91 Å². The van der Waals surface area contributed by atoms with Gasteiger partial charge in [0.15, 0.2) is 18.9 Å². The van der Waals surface area contributed by atoms with Crippen LogP contribution in [0.3, 0.4) is 0 Å². The molecular formula is C23H41NO16. The molecule has 0 unspecified atom stereocenters. The van der Waals surface area contributed by atoms with Crippen molar-refractivity contribution in [1.29, 1.82) is 0 Å². The van der Waals surface area contributed by atoms with Crippen molar-refractivity contribution in [1.82, 2.24) is 5.32 Å². The van der Waals surface area contributed by atoms with Gasteiger partial charge in [-0.1, -0.05) is 6.92 Å². The Hall–Kier alpha value is -1.13. The van der Waals surface area contributed by atoms with Crippen molar-refractivity contribution in [3.8, 4) is 0 Å². The van der Waals surface area contributed by atoms with Gasteiger partial charge in [0.2, 0.25) is 5.91 Å². The third-order valence-corrected chi connectivity index (χ3v) is 6.94. The van der Waals surface area contributed by atoms with E-state index in [1.165, 1.54) is 6.92 Å². The van der Waals surface area contributed by atoms with Crippen LogP contribution in [0, 0.1) is 0 Å². The highest BCUT2D eigenvalue weighted by Crippen LogP contribution is 2.31. The van der Waals surface area contributed by atoms with Gasteiger partial charge >= 0.3 is 0 Å². The molecular weight excluding hydrogens is 546 g/mol. The molecule has 3 aliphatic heterocycles. The van der Waals surface area contributed by atoms with Gasteiger partial charge in [0.25, 0.3) is 0 Å². The summed E-state index contributed by atoms with van der Waals surface area (Å²) in [6.45, 7) is 1.23. The molecule has 3 saturated heterocycles. The number of carbonyl (C=O) groups excluding carboxylic acids is 1. The molecule has 0 bridgehead atoms. The SMILES string of the molecule is CCCO[C@@H]1O[C@H](CO[C@H]2O[C@H](CO)[C@@H](O)[C@H](O)[C@@H]2O)[C@@H](O)[C@H](O[C@H]2O[C@H](CO)[C@@H](O)[C@H](O)[C@@H]2O)[C@H]1NC(C)=O. The number of nitrogens with one attached hydrogen (secondary N) is 1. The Morgan fingerprint density at radius 2 is 1.23 bits per heavy atom. The summed E-state index contributed by atoms with van der Waals surface area (Å²) in [5.74, 6) is -0.552. The van der Waals surface area contributed by atoms with Gasteiger partial charge in [0.1, 0.15) is 73.2 Å². The summed E-state index contributed by atoms with van der Waals surface area (Å²) in [6.07, 6.45) is -21.1. The van der Waals surface area contributed by atoms with E-state index in [4.69, 9.17) is 28.4 Å². The van der Waals surface area contributed by atoms with Crippen LogP contribution in [0.25, 0.3) is 0 Å². The lowest BCUT2D eigenvalue weighted by molar-refractivity contribution is -0.351. The molecule has 0 saturated carbocycles. The number of hydrogen-bond acceptors (Lipinski definition) is 16. The highest BCUT2D eigenvalue weighted by molar-refractivity contribution is 5.73. The van der Waals surface area contributed by atoms with Crippen molar-refractivity contribution in [3.05, 3.63) is 0 Å². The second-order valence-corrected chi connectivity index (χ2v) is 9.96. The van der Waals surface area contributed by atoms with E-state index in [0.717, 1.165) is 0 Å². The number of rotatable bonds is 11. The highest BCUT2D eigenvalue weighted by Gasteiger charge is 2.52. The van der Waals surface area contributed by atoms with Gasteiger partial charge in [-0.25, -0.2) is 0 Å². The Bertz CT molecular complexity index is 790. The smallest absolute Gasteiger partial charge is 0.217 e. The van der Waals surface area contributed by atoms with E-state index in [9.17, 15) is 50.8 Å². The summed E-state index contributed by atoms with van der Waals surface area (Å²) >= 11 is 0. The Morgan fingerprint density at radius 1 is 0.700 bits per heavy atom. The second kappa shape index (κ2) is 14.9. The molecule has 3 rings (SSSR count). The van der Waals surface area contributed by atoms with E-state index in [2.05, 4.69) is 5.32 Å². The molecule has 3 fully saturated rings. The Labute approximate surface area is 229 Å². The zero-order valence-corrected chi connectivity index (χ0v) is 22.1. The van der Waals surface area contributed by atoms with E-state index < -0.39 is 118 Å². The summed E-state index contributed by atoms with van der Waals surface area (Å²) in [4.78, 5) is 12.0. The minimum absolute atomic E-state index is 0.157. The van der Waals surface area contributed by atoms with Crippen LogP contribution < -0.4 is 5.32 Å². The standard InChI is InChI=1S/C23H41NO16/c1-3-4-35-21-12(24-8(2)27)20(40-23-19(34)17(32)14(29)10(6-26)38-23)15(30)11(39-21)7-36-22-18(33)16(31)13(28)9(5-25)37-22/h9-23,25-26,28-34H,3-7H2,1-2H3,(H,24,27)/t9-,10-,11-,12-,13-,14-,15-,16+,17+,18+,19+,20-,21-,22+,23-/m1/s1. The molecule has 15 atom stereocenters. The maximum atomic E-state index is 12.0. The third kappa shape index (κ3) is 7.44. The first-order chi connectivity index (χ1) is 18.9. The summed E-state index contributed by atoms with van der Waals surface area (Å²) in [5.41, 5.74) is 0. The Balaban J connectivity index is 1.82. The largest absolute Gasteiger partial charge is 0.394 e. The molecule has 0 aromatic heterocycles. The van der Waals surface area contributed by atoms with Crippen LogP contribution in [0.2, 0.25) is 0 Å². The van der Waals surface area contributed by atoms with Crippen molar-refractivity contribution < 1.29 is 79.2 Å². The van der Waals surface area contributed by atoms with Gasteiger partial charge in [-0.05, 0) is 6.42 Å². The van der Waals surface area contributed by atoms with Gasteiger partial charge in [-0.15, -0.1) is 0 Å². The summed E-state index contributed by atoms with van der Waals surface area (Å²) in [5, 5.41) is 93.7.